The first-order chi connectivity index (χ1) is 19.7. The molecule has 7 nitrogen and oxygen atoms in total. The highest BCUT2D eigenvalue weighted by atomic mass is 19.1. The van der Waals surface area contributed by atoms with E-state index in [-0.39, 0.29) is 43.0 Å². The molecule has 0 aliphatic carbocycles. The zero-order chi connectivity index (χ0) is 29.1. The summed E-state index contributed by atoms with van der Waals surface area (Å²) in [5.41, 5.74) is 2.06. The number of nitrogens with one attached hydrogen (secondary N) is 1. The Bertz CT molecular complexity index is 1390. The third kappa shape index (κ3) is 6.40. The lowest BCUT2D eigenvalue weighted by molar-refractivity contribution is -0.119. The van der Waals surface area contributed by atoms with E-state index in [1.165, 1.54) is 17.0 Å². The molecule has 218 valence electrons. The van der Waals surface area contributed by atoms with Gasteiger partial charge < -0.3 is 29.7 Å². The number of piperidine rings is 1. The summed E-state index contributed by atoms with van der Waals surface area (Å²) in [4.78, 5) is 16.3. The minimum atomic E-state index is -1.01. The number of aliphatic hydroxyl groups is 1. The molecule has 0 atom stereocenters. The number of rotatable bonds is 9. The van der Waals surface area contributed by atoms with E-state index in [1.54, 1.807) is 25.3 Å². The van der Waals surface area contributed by atoms with Crippen LogP contribution in [0.2, 0.25) is 0 Å². The van der Waals surface area contributed by atoms with E-state index >= 15 is 4.39 Å². The molecule has 0 bridgehead atoms. The maximum absolute atomic E-state index is 15.2. The first-order valence-corrected chi connectivity index (χ1v) is 14.1. The summed E-state index contributed by atoms with van der Waals surface area (Å²) >= 11 is 0. The third-order valence-corrected chi connectivity index (χ3v) is 7.83. The number of hydrogen-bond acceptors (Lipinski definition) is 6. The van der Waals surface area contributed by atoms with E-state index in [1.807, 2.05) is 43.0 Å². The molecule has 0 unspecified atom stereocenters. The van der Waals surface area contributed by atoms with Gasteiger partial charge in [-0.2, -0.15) is 0 Å². The van der Waals surface area contributed by atoms with Crippen molar-refractivity contribution >= 4 is 23.0 Å². The van der Waals surface area contributed by atoms with Gasteiger partial charge in [0.1, 0.15) is 23.1 Å². The molecule has 1 fully saturated rings. The Hall–Kier alpha value is -3.85. The van der Waals surface area contributed by atoms with E-state index < -0.39 is 11.4 Å². The highest BCUT2D eigenvalue weighted by molar-refractivity contribution is 5.97. The van der Waals surface area contributed by atoms with Crippen molar-refractivity contribution in [2.45, 2.75) is 57.8 Å². The van der Waals surface area contributed by atoms with Crippen LogP contribution in [0.15, 0.2) is 54.6 Å². The molecule has 2 aliphatic heterocycles. The highest BCUT2D eigenvalue weighted by Gasteiger charge is 2.34. The molecule has 1 saturated heterocycles. The number of ether oxygens (including phenoxy) is 2. The second-order valence-electron chi connectivity index (χ2n) is 11.1. The Labute approximate surface area is 239 Å². The molecule has 0 spiro atoms. The van der Waals surface area contributed by atoms with E-state index in [4.69, 9.17) is 9.47 Å². The zero-order valence-electron chi connectivity index (χ0n) is 23.8. The van der Waals surface area contributed by atoms with Crippen LogP contribution in [0, 0.1) is 11.6 Å². The number of benzene rings is 3. The lowest BCUT2D eigenvalue weighted by Gasteiger charge is -2.40. The topological polar surface area (TPSA) is 74.3 Å². The van der Waals surface area contributed by atoms with Crippen molar-refractivity contribution in [3.63, 3.8) is 0 Å². The second-order valence-corrected chi connectivity index (χ2v) is 11.1. The van der Waals surface area contributed by atoms with Crippen molar-refractivity contribution < 1.29 is 28.2 Å². The Morgan fingerprint density at radius 2 is 1.68 bits per heavy atom. The van der Waals surface area contributed by atoms with Gasteiger partial charge in [0.15, 0.2) is 0 Å². The first kappa shape index (κ1) is 28.7. The largest absolute Gasteiger partial charge is 0.497 e. The van der Waals surface area contributed by atoms with Crippen molar-refractivity contribution in [1.29, 1.82) is 0 Å². The maximum atomic E-state index is 15.2. The smallest absolute Gasteiger partial charge is 0.227 e. The van der Waals surface area contributed by atoms with Gasteiger partial charge in [0.2, 0.25) is 5.91 Å². The number of anilines is 3. The quantitative estimate of drug-likeness (QED) is 0.348. The Balaban J connectivity index is 1.26. The summed E-state index contributed by atoms with van der Waals surface area (Å²) in [6, 6.07) is 15.3. The van der Waals surface area contributed by atoms with Crippen LogP contribution in [0.25, 0.3) is 0 Å². The van der Waals surface area contributed by atoms with E-state index in [0.717, 1.165) is 11.1 Å². The fourth-order valence-corrected chi connectivity index (χ4v) is 5.58. The molecule has 0 aromatic heterocycles. The third-order valence-electron chi connectivity index (χ3n) is 7.83. The number of carbonyl (C=O) groups excluding carboxylic acids is 1. The molecule has 2 heterocycles. The molecular weight excluding hydrogens is 528 g/mol. The molecular formula is C32H37F2N3O4. The number of nitrogens with zero attached hydrogens (tertiary/aromatic N) is 2. The van der Waals surface area contributed by atoms with Crippen molar-refractivity contribution in [3.8, 4) is 11.5 Å². The number of carbonyl (C=O) groups is 1. The molecule has 3 aromatic rings. The van der Waals surface area contributed by atoms with Gasteiger partial charge in [0.25, 0.3) is 0 Å². The fraction of sp³-hybridized carbons (Fsp3) is 0.406. The van der Waals surface area contributed by atoms with Crippen molar-refractivity contribution in [1.82, 2.24) is 0 Å². The number of methoxy groups -OCH3 is 1. The van der Waals surface area contributed by atoms with Gasteiger partial charge >= 0.3 is 0 Å². The van der Waals surface area contributed by atoms with Crippen molar-refractivity contribution in [3.05, 3.63) is 77.4 Å². The molecule has 1 amide bonds. The van der Waals surface area contributed by atoms with E-state index in [2.05, 4.69) is 5.32 Å². The molecule has 2 aliphatic rings. The van der Waals surface area contributed by atoms with Gasteiger partial charge in [0.05, 0.1) is 36.7 Å². The summed E-state index contributed by atoms with van der Waals surface area (Å²) < 4.78 is 40.8. The first-order valence-electron chi connectivity index (χ1n) is 14.1. The summed E-state index contributed by atoms with van der Waals surface area (Å²) in [7, 11) is 1.59. The van der Waals surface area contributed by atoms with E-state index in [9.17, 15) is 14.3 Å². The summed E-state index contributed by atoms with van der Waals surface area (Å²) in [5.74, 6) is 0.265. The van der Waals surface area contributed by atoms with Gasteiger partial charge in [-0.1, -0.05) is 12.1 Å². The SMILES string of the molecule is COc1ccc(CN2C(=O)CCc3c(NCC4(O)CCN(c5ccc(OC(C)C)cc5F)CC4)ccc(F)c32)cc1. The number of fused-ring (bicyclic) bond motifs is 1. The minimum Gasteiger partial charge on any atom is -0.497 e. The monoisotopic (exact) mass is 565 g/mol. The normalized spacial score (nSPS) is 16.5. The van der Waals surface area contributed by atoms with Crippen LogP contribution < -0.4 is 24.6 Å². The van der Waals surface area contributed by atoms with Gasteiger partial charge in [-0.25, -0.2) is 8.78 Å². The molecule has 0 saturated carbocycles. The average Bonchev–Trinajstić information content (AvgIpc) is 2.95. The maximum Gasteiger partial charge on any atom is 0.227 e. The predicted molar refractivity (Wildman–Crippen MR) is 156 cm³/mol. The summed E-state index contributed by atoms with van der Waals surface area (Å²) in [6.45, 7) is 5.28. The number of amides is 1. The van der Waals surface area contributed by atoms with Crippen LogP contribution in [0.5, 0.6) is 11.5 Å². The van der Waals surface area contributed by atoms with Gasteiger partial charge in [-0.15, -0.1) is 0 Å². The molecule has 41 heavy (non-hydrogen) atoms. The molecule has 2 N–H and O–H groups in total. The second kappa shape index (κ2) is 11.9. The average molecular weight is 566 g/mol. The Kier molecular flexibility index (Phi) is 8.35. The number of halogens is 2. The standard InChI is InChI=1S/C32H37F2N3O4/c1-21(2)41-24-8-12-29(27(34)18-24)36-16-14-32(39,15-17-36)20-35-28-11-10-26(33)31-25(28)9-13-30(38)37(31)19-22-4-6-23(40-3)7-5-22/h4-8,10-12,18,21,35,39H,9,13-17,19-20H2,1-3H3. The van der Waals surface area contributed by atoms with Crippen LogP contribution in [0.4, 0.5) is 25.8 Å². The Morgan fingerprint density at radius 3 is 2.34 bits per heavy atom. The molecule has 0 radical (unpaired) electrons. The lowest BCUT2D eigenvalue weighted by atomic mass is 9.90. The fourth-order valence-electron chi connectivity index (χ4n) is 5.58. The lowest BCUT2D eigenvalue weighted by Crippen LogP contribution is -2.48. The highest BCUT2D eigenvalue weighted by Crippen LogP contribution is 2.38. The van der Waals surface area contributed by atoms with Crippen LogP contribution in [-0.4, -0.2) is 49.5 Å². The van der Waals surface area contributed by atoms with Crippen LogP contribution >= 0.6 is 0 Å². The molecule has 5 rings (SSSR count). The zero-order valence-corrected chi connectivity index (χ0v) is 23.8. The molecule has 3 aromatic carbocycles. The van der Waals surface area contributed by atoms with Gasteiger partial charge in [-0.3, -0.25) is 4.79 Å². The van der Waals surface area contributed by atoms with Gasteiger partial charge in [0, 0.05) is 43.4 Å². The predicted octanol–water partition coefficient (Wildman–Crippen LogP) is 5.68. The Morgan fingerprint density at radius 1 is 0.976 bits per heavy atom. The molecule has 9 heteroatoms. The van der Waals surface area contributed by atoms with Gasteiger partial charge in [-0.05, 0) is 75.1 Å². The van der Waals surface area contributed by atoms with Crippen molar-refractivity contribution in [2.24, 2.45) is 0 Å². The number of hydrogen-bond donors (Lipinski definition) is 2. The minimum absolute atomic E-state index is 0.0403. The van der Waals surface area contributed by atoms with Crippen LogP contribution in [-0.2, 0) is 17.8 Å². The summed E-state index contributed by atoms with van der Waals surface area (Å²) in [5, 5.41) is 14.7. The summed E-state index contributed by atoms with van der Waals surface area (Å²) in [6.07, 6.45) is 1.52. The van der Waals surface area contributed by atoms with Crippen LogP contribution in [0.3, 0.4) is 0 Å². The van der Waals surface area contributed by atoms with Crippen LogP contribution in [0.1, 0.15) is 44.2 Å². The van der Waals surface area contributed by atoms with E-state index in [0.29, 0.717) is 55.2 Å². The van der Waals surface area contributed by atoms with Crippen molar-refractivity contribution in [2.75, 3.05) is 41.9 Å².